The van der Waals surface area contributed by atoms with E-state index in [0.717, 1.165) is 6.07 Å². The van der Waals surface area contributed by atoms with Crippen LogP contribution in [-0.2, 0) is 16.1 Å². The van der Waals surface area contributed by atoms with Gasteiger partial charge < -0.3 is 29.9 Å². The normalized spacial score (nSPS) is 31.1. The molecule has 0 bridgehead atoms. The van der Waals surface area contributed by atoms with E-state index < -0.39 is 42.3 Å². The molecule has 1 heterocycles. The SMILES string of the molecule is C=CCOCc1cc([C@@H]2OC(O)[C@@H](O)[C@H](O)[C@H]2O)c(F)cc1F. The zero-order valence-electron chi connectivity index (χ0n) is 12.1. The van der Waals surface area contributed by atoms with Crippen LogP contribution in [0.5, 0.6) is 0 Å². The molecule has 0 radical (unpaired) electrons. The number of aliphatic hydroxyl groups excluding tert-OH is 4. The van der Waals surface area contributed by atoms with Gasteiger partial charge in [-0.3, -0.25) is 0 Å². The van der Waals surface area contributed by atoms with Gasteiger partial charge >= 0.3 is 0 Å². The van der Waals surface area contributed by atoms with Gasteiger partial charge in [-0.2, -0.15) is 0 Å². The average molecular weight is 332 g/mol. The fourth-order valence-corrected chi connectivity index (χ4v) is 2.31. The molecular weight excluding hydrogens is 314 g/mol. The highest BCUT2D eigenvalue weighted by Crippen LogP contribution is 2.34. The predicted molar refractivity (Wildman–Crippen MR) is 74.1 cm³/mol. The van der Waals surface area contributed by atoms with E-state index in [0.29, 0.717) is 6.07 Å². The van der Waals surface area contributed by atoms with E-state index in [2.05, 4.69) is 6.58 Å². The van der Waals surface area contributed by atoms with Crippen molar-refractivity contribution in [3.05, 3.63) is 47.5 Å². The molecule has 1 fully saturated rings. The van der Waals surface area contributed by atoms with Gasteiger partial charge in [0.25, 0.3) is 0 Å². The number of ether oxygens (including phenoxy) is 2. The van der Waals surface area contributed by atoms with Crippen molar-refractivity contribution in [2.75, 3.05) is 6.61 Å². The molecule has 2 rings (SSSR count). The molecule has 5 atom stereocenters. The molecule has 4 N–H and O–H groups in total. The van der Waals surface area contributed by atoms with Crippen LogP contribution in [0.4, 0.5) is 8.78 Å². The minimum atomic E-state index is -1.82. The molecule has 8 heteroatoms. The molecule has 0 aromatic heterocycles. The number of benzene rings is 1. The van der Waals surface area contributed by atoms with Crippen LogP contribution in [0.3, 0.4) is 0 Å². The predicted octanol–water partition coefficient (Wildman–Crippen LogP) is 0.140. The number of hydrogen-bond acceptors (Lipinski definition) is 6. The summed E-state index contributed by atoms with van der Waals surface area (Å²) >= 11 is 0. The van der Waals surface area contributed by atoms with Gasteiger partial charge in [0.1, 0.15) is 36.1 Å². The Kier molecular flexibility index (Phi) is 5.79. The maximum absolute atomic E-state index is 14.0. The molecule has 6 nitrogen and oxygen atoms in total. The van der Waals surface area contributed by atoms with Crippen molar-refractivity contribution in [3.8, 4) is 0 Å². The van der Waals surface area contributed by atoms with Crippen molar-refractivity contribution in [1.82, 2.24) is 0 Å². The molecule has 1 unspecified atom stereocenters. The number of halogens is 2. The van der Waals surface area contributed by atoms with E-state index in [1.807, 2.05) is 0 Å². The fourth-order valence-electron chi connectivity index (χ4n) is 2.31. The summed E-state index contributed by atoms with van der Waals surface area (Å²) in [6.07, 6.45) is -7.00. The van der Waals surface area contributed by atoms with Crippen molar-refractivity contribution >= 4 is 0 Å². The summed E-state index contributed by atoms with van der Waals surface area (Å²) in [5, 5.41) is 38.5. The molecule has 0 amide bonds. The molecule has 1 aromatic carbocycles. The quantitative estimate of drug-likeness (QED) is 0.452. The summed E-state index contributed by atoms with van der Waals surface area (Å²) in [6, 6.07) is 1.68. The third kappa shape index (κ3) is 3.74. The molecule has 1 aromatic rings. The topological polar surface area (TPSA) is 99.4 Å². The Morgan fingerprint density at radius 2 is 1.78 bits per heavy atom. The third-order valence-corrected chi connectivity index (χ3v) is 3.55. The lowest BCUT2D eigenvalue weighted by Crippen LogP contribution is -2.54. The summed E-state index contributed by atoms with van der Waals surface area (Å²) in [7, 11) is 0. The van der Waals surface area contributed by atoms with Gasteiger partial charge in [0, 0.05) is 17.2 Å². The van der Waals surface area contributed by atoms with Crippen LogP contribution < -0.4 is 0 Å². The van der Waals surface area contributed by atoms with E-state index in [1.165, 1.54) is 6.08 Å². The van der Waals surface area contributed by atoms with Gasteiger partial charge in [-0.05, 0) is 6.07 Å². The highest BCUT2D eigenvalue weighted by atomic mass is 19.1. The summed E-state index contributed by atoms with van der Waals surface area (Å²) in [4.78, 5) is 0. The Morgan fingerprint density at radius 1 is 1.09 bits per heavy atom. The maximum Gasteiger partial charge on any atom is 0.184 e. The lowest BCUT2D eigenvalue weighted by atomic mass is 9.92. The molecule has 0 spiro atoms. The molecule has 23 heavy (non-hydrogen) atoms. The van der Waals surface area contributed by atoms with Gasteiger partial charge in [0.2, 0.25) is 0 Å². The van der Waals surface area contributed by atoms with Gasteiger partial charge in [-0.1, -0.05) is 6.08 Å². The van der Waals surface area contributed by atoms with E-state index in [1.54, 1.807) is 0 Å². The van der Waals surface area contributed by atoms with Crippen LogP contribution in [0.2, 0.25) is 0 Å². The van der Waals surface area contributed by atoms with Crippen molar-refractivity contribution < 1.29 is 38.7 Å². The second-order valence-electron chi connectivity index (χ2n) is 5.19. The number of aliphatic hydroxyl groups is 4. The van der Waals surface area contributed by atoms with Crippen LogP contribution in [0, 0.1) is 11.6 Å². The average Bonchev–Trinajstić information content (AvgIpc) is 2.51. The molecule has 1 aliphatic heterocycles. The monoisotopic (exact) mass is 332 g/mol. The molecule has 0 saturated carbocycles. The molecule has 1 aliphatic rings. The summed E-state index contributed by atoms with van der Waals surface area (Å²) in [5.74, 6) is -1.86. The maximum atomic E-state index is 14.0. The van der Waals surface area contributed by atoms with Gasteiger partial charge in [0.15, 0.2) is 6.29 Å². The second kappa shape index (κ2) is 7.43. The largest absolute Gasteiger partial charge is 0.387 e. The van der Waals surface area contributed by atoms with Crippen molar-refractivity contribution in [2.45, 2.75) is 37.3 Å². The van der Waals surface area contributed by atoms with E-state index in [4.69, 9.17) is 9.47 Å². The molecule has 0 aliphatic carbocycles. The first-order valence-corrected chi connectivity index (χ1v) is 6.91. The lowest BCUT2D eigenvalue weighted by molar-refractivity contribution is -0.284. The van der Waals surface area contributed by atoms with Crippen molar-refractivity contribution in [3.63, 3.8) is 0 Å². The van der Waals surface area contributed by atoms with Crippen molar-refractivity contribution in [1.29, 1.82) is 0 Å². The van der Waals surface area contributed by atoms with Crippen molar-refractivity contribution in [2.24, 2.45) is 0 Å². The summed E-state index contributed by atoms with van der Waals surface area (Å²) < 4.78 is 37.8. The van der Waals surface area contributed by atoms with Crippen LogP contribution in [0.15, 0.2) is 24.8 Å². The highest BCUT2D eigenvalue weighted by molar-refractivity contribution is 5.29. The Hall–Kier alpha value is -1.42. The first kappa shape index (κ1) is 17.9. The van der Waals surface area contributed by atoms with Crippen LogP contribution in [0.25, 0.3) is 0 Å². The van der Waals surface area contributed by atoms with Crippen LogP contribution in [-0.4, -0.2) is 51.6 Å². The van der Waals surface area contributed by atoms with E-state index in [-0.39, 0.29) is 24.3 Å². The Labute approximate surface area is 131 Å². The lowest BCUT2D eigenvalue weighted by Gasteiger charge is -2.38. The first-order chi connectivity index (χ1) is 10.9. The Balaban J connectivity index is 2.30. The third-order valence-electron chi connectivity index (χ3n) is 3.55. The minimum absolute atomic E-state index is 0.00847. The summed E-state index contributed by atoms with van der Waals surface area (Å²) in [6.45, 7) is 3.44. The van der Waals surface area contributed by atoms with Gasteiger partial charge in [-0.15, -0.1) is 6.58 Å². The molecular formula is C15H18F2O6. The molecule has 1 saturated heterocycles. The van der Waals surface area contributed by atoms with Gasteiger partial charge in [-0.25, -0.2) is 8.78 Å². The Morgan fingerprint density at radius 3 is 2.43 bits per heavy atom. The number of rotatable bonds is 5. The minimum Gasteiger partial charge on any atom is -0.387 e. The fraction of sp³-hybridized carbons (Fsp3) is 0.467. The first-order valence-electron chi connectivity index (χ1n) is 6.91. The van der Waals surface area contributed by atoms with Gasteiger partial charge in [0.05, 0.1) is 13.2 Å². The van der Waals surface area contributed by atoms with Crippen LogP contribution >= 0.6 is 0 Å². The van der Waals surface area contributed by atoms with Crippen LogP contribution in [0.1, 0.15) is 17.2 Å². The second-order valence-corrected chi connectivity index (χ2v) is 5.19. The zero-order chi connectivity index (χ0) is 17.1. The number of hydrogen-bond donors (Lipinski definition) is 4. The van der Waals surface area contributed by atoms with E-state index >= 15 is 0 Å². The zero-order valence-corrected chi connectivity index (χ0v) is 12.1. The van der Waals surface area contributed by atoms with E-state index in [9.17, 15) is 29.2 Å². The standard InChI is InChI=1S/C15H18F2O6/c1-2-3-22-6-7-4-8(10(17)5-9(7)16)14-12(19)11(18)13(20)15(21)23-14/h2,4-5,11-15,18-21H,1,3,6H2/t11-,12-,13+,14+,15?/m1/s1. The Bertz CT molecular complexity index is 567. The smallest absolute Gasteiger partial charge is 0.184 e. The highest BCUT2D eigenvalue weighted by Gasteiger charge is 2.44. The summed E-state index contributed by atoms with van der Waals surface area (Å²) in [5.41, 5.74) is -0.254. The molecule has 128 valence electrons.